The number of hydrogen-bond acceptors (Lipinski definition) is 3. The van der Waals surface area contributed by atoms with Crippen molar-refractivity contribution < 1.29 is 23.8 Å². The van der Waals surface area contributed by atoms with Gasteiger partial charge in [-0.1, -0.05) is 12.1 Å². The smallest absolute Gasteiger partial charge is 0.339 e. The Kier molecular flexibility index (Phi) is 4.42. The number of ether oxygens (including phenoxy) is 2. The first kappa shape index (κ1) is 14.8. The summed E-state index contributed by atoms with van der Waals surface area (Å²) in [6.07, 6.45) is 0. The topological polar surface area (TPSA) is 55.8 Å². The van der Waals surface area contributed by atoms with Crippen LogP contribution in [0.25, 0.3) is 11.1 Å². The number of halogens is 1. The van der Waals surface area contributed by atoms with Crippen molar-refractivity contribution in [1.29, 1.82) is 0 Å². The highest BCUT2D eigenvalue weighted by molar-refractivity contribution is 5.92. The van der Waals surface area contributed by atoms with Crippen molar-refractivity contribution in [3.63, 3.8) is 0 Å². The molecule has 0 heterocycles. The van der Waals surface area contributed by atoms with Gasteiger partial charge in [-0.2, -0.15) is 0 Å². The molecule has 2 aromatic carbocycles. The number of carboxylic acids is 1. The maximum Gasteiger partial charge on any atom is 0.339 e. The molecule has 5 heteroatoms. The maximum absolute atomic E-state index is 13.4. The molecule has 0 atom stereocenters. The van der Waals surface area contributed by atoms with Crippen molar-refractivity contribution in [2.24, 2.45) is 0 Å². The quantitative estimate of drug-likeness (QED) is 0.914. The summed E-state index contributed by atoms with van der Waals surface area (Å²) >= 11 is 0. The van der Waals surface area contributed by atoms with E-state index in [0.717, 1.165) is 0 Å². The minimum atomic E-state index is -1.07. The molecule has 0 bridgehead atoms. The molecule has 2 aromatic rings. The molecule has 0 aliphatic rings. The van der Waals surface area contributed by atoms with Crippen molar-refractivity contribution >= 4 is 5.97 Å². The van der Waals surface area contributed by atoms with Crippen molar-refractivity contribution in [1.82, 2.24) is 0 Å². The average molecular weight is 290 g/mol. The molecule has 0 unspecified atom stereocenters. The van der Waals surface area contributed by atoms with E-state index >= 15 is 0 Å². The molecular formula is C16H15FO4. The molecule has 2 rings (SSSR count). The highest BCUT2D eigenvalue weighted by Crippen LogP contribution is 2.30. The second-order valence-electron chi connectivity index (χ2n) is 4.30. The summed E-state index contributed by atoms with van der Waals surface area (Å²) in [4.78, 5) is 11.3. The van der Waals surface area contributed by atoms with Crippen LogP contribution >= 0.6 is 0 Å². The summed E-state index contributed by atoms with van der Waals surface area (Å²) in [5.74, 6) is -1.12. The number of rotatable bonds is 5. The van der Waals surface area contributed by atoms with Gasteiger partial charge in [-0.25, -0.2) is 9.18 Å². The number of methoxy groups -OCH3 is 1. The van der Waals surface area contributed by atoms with E-state index in [1.54, 1.807) is 25.1 Å². The van der Waals surface area contributed by atoms with Crippen LogP contribution in [0.2, 0.25) is 0 Å². The van der Waals surface area contributed by atoms with E-state index in [2.05, 4.69) is 0 Å². The van der Waals surface area contributed by atoms with Gasteiger partial charge in [0.15, 0.2) is 11.6 Å². The zero-order valence-electron chi connectivity index (χ0n) is 11.7. The first-order valence-electron chi connectivity index (χ1n) is 6.41. The highest BCUT2D eigenvalue weighted by Gasteiger charge is 2.13. The molecule has 0 radical (unpaired) electrons. The molecule has 0 aromatic heterocycles. The summed E-state index contributed by atoms with van der Waals surface area (Å²) in [6, 6.07) is 9.20. The van der Waals surface area contributed by atoms with Gasteiger partial charge in [0.1, 0.15) is 11.3 Å². The van der Waals surface area contributed by atoms with Gasteiger partial charge in [0, 0.05) is 0 Å². The van der Waals surface area contributed by atoms with E-state index in [9.17, 15) is 14.3 Å². The Balaban J connectivity index is 2.49. The van der Waals surface area contributed by atoms with Gasteiger partial charge in [0.2, 0.25) is 0 Å². The lowest BCUT2D eigenvalue weighted by atomic mass is 10.0. The lowest BCUT2D eigenvalue weighted by Crippen LogP contribution is -2.03. The van der Waals surface area contributed by atoms with Gasteiger partial charge in [-0.15, -0.1) is 0 Å². The Bertz CT molecular complexity index is 667. The first-order valence-corrected chi connectivity index (χ1v) is 6.41. The molecule has 1 N–H and O–H groups in total. The summed E-state index contributed by atoms with van der Waals surface area (Å²) in [5, 5.41) is 9.24. The van der Waals surface area contributed by atoms with Crippen LogP contribution in [-0.2, 0) is 0 Å². The summed E-state index contributed by atoms with van der Waals surface area (Å²) in [5.41, 5.74) is 1.38. The van der Waals surface area contributed by atoms with Gasteiger partial charge in [-0.3, -0.25) is 0 Å². The lowest BCUT2D eigenvalue weighted by Gasteiger charge is -2.10. The minimum Gasteiger partial charge on any atom is -0.494 e. The third-order valence-corrected chi connectivity index (χ3v) is 2.99. The van der Waals surface area contributed by atoms with E-state index in [1.807, 2.05) is 0 Å². The van der Waals surface area contributed by atoms with E-state index in [0.29, 0.717) is 23.5 Å². The molecule has 0 aliphatic heterocycles. The van der Waals surface area contributed by atoms with Crippen LogP contribution < -0.4 is 9.47 Å². The second kappa shape index (κ2) is 6.26. The van der Waals surface area contributed by atoms with Crippen molar-refractivity contribution in [3.8, 4) is 22.6 Å². The molecule has 0 amide bonds. The first-order chi connectivity index (χ1) is 10.1. The molecule has 0 aliphatic carbocycles. The molecular weight excluding hydrogens is 275 g/mol. The van der Waals surface area contributed by atoms with E-state index in [4.69, 9.17) is 9.47 Å². The number of hydrogen-bond donors (Lipinski definition) is 1. The van der Waals surface area contributed by atoms with Crippen LogP contribution in [0.4, 0.5) is 4.39 Å². The van der Waals surface area contributed by atoms with Crippen molar-refractivity contribution in [2.45, 2.75) is 6.92 Å². The van der Waals surface area contributed by atoms with Crippen molar-refractivity contribution in [2.75, 3.05) is 13.7 Å². The second-order valence-corrected chi connectivity index (χ2v) is 4.30. The number of carboxylic acid groups (broad SMARTS) is 1. The fraction of sp³-hybridized carbons (Fsp3) is 0.188. The van der Waals surface area contributed by atoms with Crippen LogP contribution in [0.5, 0.6) is 11.5 Å². The Hall–Kier alpha value is -2.56. The van der Waals surface area contributed by atoms with E-state index in [-0.39, 0.29) is 11.3 Å². The third kappa shape index (κ3) is 3.13. The number of aromatic carboxylic acids is 1. The fourth-order valence-corrected chi connectivity index (χ4v) is 2.00. The van der Waals surface area contributed by atoms with Gasteiger partial charge in [0.05, 0.1) is 13.7 Å². The normalized spacial score (nSPS) is 10.2. The molecule has 0 saturated heterocycles. The van der Waals surface area contributed by atoms with Crippen LogP contribution in [0.1, 0.15) is 17.3 Å². The molecule has 0 spiro atoms. The van der Waals surface area contributed by atoms with E-state index in [1.165, 1.54) is 25.3 Å². The lowest BCUT2D eigenvalue weighted by molar-refractivity contribution is 0.0692. The Morgan fingerprint density at radius 2 is 1.81 bits per heavy atom. The van der Waals surface area contributed by atoms with Crippen LogP contribution in [0.3, 0.4) is 0 Å². The fourth-order valence-electron chi connectivity index (χ4n) is 2.00. The summed E-state index contributed by atoms with van der Waals surface area (Å²) in [7, 11) is 1.38. The van der Waals surface area contributed by atoms with Gasteiger partial charge >= 0.3 is 5.97 Å². The highest BCUT2D eigenvalue weighted by atomic mass is 19.1. The third-order valence-electron chi connectivity index (χ3n) is 2.99. The van der Waals surface area contributed by atoms with Gasteiger partial charge in [0.25, 0.3) is 0 Å². The summed E-state index contributed by atoms with van der Waals surface area (Å²) < 4.78 is 23.6. The maximum atomic E-state index is 13.4. The standard InChI is InChI=1S/C16H15FO4/c1-3-21-14-7-5-10(8-12(14)16(18)19)11-4-6-13(17)15(9-11)20-2/h4-9H,3H2,1-2H3,(H,18,19). The van der Waals surface area contributed by atoms with Crippen LogP contribution in [0.15, 0.2) is 36.4 Å². The Morgan fingerprint density at radius 1 is 1.14 bits per heavy atom. The zero-order valence-corrected chi connectivity index (χ0v) is 11.7. The monoisotopic (exact) mass is 290 g/mol. The molecule has 0 fully saturated rings. The minimum absolute atomic E-state index is 0.0673. The summed E-state index contributed by atoms with van der Waals surface area (Å²) in [6.45, 7) is 2.16. The number of carbonyl (C=O) groups is 1. The largest absolute Gasteiger partial charge is 0.494 e. The van der Waals surface area contributed by atoms with E-state index < -0.39 is 11.8 Å². The molecule has 110 valence electrons. The Labute approximate surface area is 121 Å². The van der Waals surface area contributed by atoms with Gasteiger partial charge < -0.3 is 14.6 Å². The molecule has 21 heavy (non-hydrogen) atoms. The molecule has 0 saturated carbocycles. The predicted molar refractivity (Wildman–Crippen MR) is 76.5 cm³/mol. The zero-order chi connectivity index (χ0) is 15.4. The van der Waals surface area contributed by atoms with Crippen LogP contribution in [-0.4, -0.2) is 24.8 Å². The SMILES string of the molecule is CCOc1ccc(-c2ccc(F)c(OC)c2)cc1C(=O)O. The average Bonchev–Trinajstić information content (AvgIpc) is 2.48. The van der Waals surface area contributed by atoms with Crippen LogP contribution in [0, 0.1) is 5.82 Å². The van der Waals surface area contributed by atoms with Crippen molar-refractivity contribution in [3.05, 3.63) is 47.8 Å². The van der Waals surface area contributed by atoms with Gasteiger partial charge in [-0.05, 0) is 42.3 Å². The molecule has 4 nitrogen and oxygen atoms in total. The predicted octanol–water partition coefficient (Wildman–Crippen LogP) is 3.60. The number of benzene rings is 2. The Morgan fingerprint density at radius 3 is 2.43 bits per heavy atom.